The maximum atomic E-state index is 12.8. The fourth-order valence-corrected chi connectivity index (χ4v) is 4.85. The van der Waals surface area contributed by atoms with E-state index in [0.717, 1.165) is 22.2 Å². The molecule has 180 valence electrons. The molecule has 3 amide bonds. The van der Waals surface area contributed by atoms with E-state index in [4.69, 9.17) is 16.3 Å². The Morgan fingerprint density at radius 3 is 2.64 bits per heavy atom. The lowest BCUT2D eigenvalue weighted by molar-refractivity contribution is -0.127. The molecule has 4 rings (SSSR count). The van der Waals surface area contributed by atoms with Crippen LogP contribution in [0.3, 0.4) is 0 Å². The van der Waals surface area contributed by atoms with E-state index in [9.17, 15) is 19.6 Å². The van der Waals surface area contributed by atoms with Gasteiger partial charge in [-0.15, -0.1) is 0 Å². The van der Waals surface area contributed by atoms with E-state index in [1.165, 1.54) is 0 Å². The molecule has 1 fully saturated rings. The van der Waals surface area contributed by atoms with Crippen molar-refractivity contribution in [3.05, 3.63) is 97.8 Å². The summed E-state index contributed by atoms with van der Waals surface area (Å²) in [7, 11) is 0. The Kier molecular flexibility index (Phi) is 8.10. The number of anilines is 1. The molecule has 0 aliphatic carbocycles. The molecule has 1 aliphatic rings. The summed E-state index contributed by atoms with van der Waals surface area (Å²) in [6.07, 6.45) is 1.58. The molecule has 7 nitrogen and oxygen atoms in total. The Hall–Kier alpha value is -3.58. The number of rotatable bonds is 7. The van der Waals surface area contributed by atoms with E-state index < -0.39 is 23.6 Å². The lowest BCUT2D eigenvalue weighted by Crippen LogP contribution is -2.36. The number of nitriles is 1. The molecule has 0 spiro atoms. The van der Waals surface area contributed by atoms with Gasteiger partial charge in [0.15, 0.2) is 0 Å². The molecule has 1 N–H and O–H groups in total. The van der Waals surface area contributed by atoms with Crippen LogP contribution in [0.15, 0.2) is 76.1 Å². The first-order valence-corrected chi connectivity index (χ1v) is 12.5. The largest absolute Gasteiger partial charge is 0.488 e. The molecule has 0 atom stereocenters. The highest BCUT2D eigenvalue weighted by atomic mass is 79.9. The standard InChI is InChI=1S/C26H17BrClN3O4S/c27-19-11-16(9-10-22(19)35-15-18-6-2-1-5-17(18)13-29)12-23-25(33)31(26(34)36-23)14-24(32)30-21-8-4-3-7-20(21)28/h1-12H,14-15H2,(H,30,32)/b23-12+. The monoisotopic (exact) mass is 581 g/mol. The Morgan fingerprint density at radius 2 is 1.89 bits per heavy atom. The van der Waals surface area contributed by atoms with Gasteiger partial charge in [-0.05, 0) is 69.7 Å². The number of nitrogens with one attached hydrogen (secondary N) is 1. The van der Waals surface area contributed by atoms with Crippen molar-refractivity contribution in [1.82, 2.24) is 4.90 Å². The van der Waals surface area contributed by atoms with Crippen molar-refractivity contribution < 1.29 is 19.1 Å². The molecular weight excluding hydrogens is 566 g/mol. The molecule has 1 saturated heterocycles. The van der Waals surface area contributed by atoms with Crippen LogP contribution in [0.4, 0.5) is 10.5 Å². The van der Waals surface area contributed by atoms with Gasteiger partial charge >= 0.3 is 0 Å². The van der Waals surface area contributed by atoms with Crippen molar-refractivity contribution >= 4 is 68.1 Å². The Labute approximate surface area is 224 Å². The summed E-state index contributed by atoms with van der Waals surface area (Å²) < 4.78 is 6.48. The van der Waals surface area contributed by atoms with Crippen LogP contribution in [0, 0.1) is 11.3 Å². The van der Waals surface area contributed by atoms with Gasteiger partial charge in [-0.25, -0.2) is 0 Å². The first kappa shape index (κ1) is 25.5. The first-order valence-electron chi connectivity index (χ1n) is 10.6. The number of hydrogen-bond donors (Lipinski definition) is 1. The lowest BCUT2D eigenvalue weighted by atomic mass is 10.1. The predicted molar refractivity (Wildman–Crippen MR) is 142 cm³/mol. The highest BCUT2D eigenvalue weighted by Gasteiger charge is 2.36. The molecule has 3 aromatic carbocycles. The van der Waals surface area contributed by atoms with Crippen LogP contribution in [-0.4, -0.2) is 28.5 Å². The molecule has 0 aromatic heterocycles. The van der Waals surface area contributed by atoms with E-state index in [1.807, 2.05) is 12.1 Å². The van der Waals surface area contributed by atoms with E-state index in [1.54, 1.807) is 60.7 Å². The highest BCUT2D eigenvalue weighted by molar-refractivity contribution is 9.10. The van der Waals surface area contributed by atoms with E-state index >= 15 is 0 Å². The highest BCUT2D eigenvalue weighted by Crippen LogP contribution is 2.34. The predicted octanol–water partition coefficient (Wildman–Crippen LogP) is 6.23. The molecule has 0 bridgehead atoms. The molecule has 1 heterocycles. The van der Waals surface area contributed by atoms with Crippen molar-refractivity contribution in [1.29, 1.82) is 5.26 Å². The van der Waals surface area contributed by atoms with Crippen LogP contribution in [0.2, 0.25) is 5.02 Å². The number of nitrogens with zero attached hydrogens (tertiary/aromatic N) is 2. The lowest BCUT2D eigenvalue weighted by Gasteiger charge is -2.13. The Bertz CT molecular complexity index is 1440. The van der Waals surface area contributed by atoms with Gasteiger partial charge in [0, 0.05) is 5.56 Å². The van der Waals surface area contributed by atoms with Crippen LogP contribution in [0.25, 0.3) is 6.08 Å². The van der Waals surface area contributed by atoms with Crippen LogP contribution < -0.4 is 10.1 Å². The van der Waals surface area contributed by atoms with Crippen LogP contribution in [0.1, 0.15) is 16.7 Å². The molecule has 10 heteroatoms. The summed E-state index contributed by atoms with van der Waals surface area (Å²) in [5, 5.41) is 11.6. The third kappa shape index (κ3) is 5.97. The van der Waals surface area contributed by atoms with Gasteiger partial charge < -0.3 is 10.1 Å². The second-order valence-electron chi connectivity index (χ2n) is 7.54. The van der Waals surface area contributed by atoms with E-state index in [-0.39, 0.29) is 11.5 Å². The summed E-state index contributed by atoms with van der Waals surface area (Å²) >= 11 is 10.3. The van der Waals surface area contributed by atoms with Crippen molar-refractivity contribution in [2.24, 2.45) is 0 Å². The number of carbonyl (C=O) groups is 3. The fraction of sp³-hybridized carbons (Fsp3) is 0.0769. The summed E-state index contributed by atoms with van der Waals surface area (Å²) in [4.78, 5) is 38.7. The molecule has 3 aromatic rings. The molecule has 0 unspecified atom stereocenters. The van der Waals surface area contributed by atoms with Crippen molar-refractivity contribution in [3.8, 4) is 11.8 Å². The second kappa shape index (κ2) is 11.4. The van der Waals surface area contributed by atoms with Gasteiger partial charge in [-0.2, -0.15) is 5.26 Å². The second-order valence-corrected chi connectivity index (χ2v) is 9.80. The SMILES string of the molecule is N#Cc1ccccc1COc1ccc(/C=C2/SC(=O)N(CC(=O)Nc3ccccc3Cl)C2=O)cc1Br. The molecule has 1 aliphatic heterocycles. The zero-order valence-corrected chi connectivity index (χ0v) is 21.7. The first-order chi connectivity index (χ1) is 17.4. The minimum absolute atomic E-state index is 0.203. The van der Waals surface area contributed by atoms with Gasteiger partial charge in [0.1, 0.15) is 18.9 Å². The number of amides is 3. The fourth-order valence-electron chi connectivity index (χ4n) is 3.32. The Morgan fingerprint density at radius 1 is 1.14 bits per heavy atom. The third-order valence-corrected chi connectivity index (χ3v) is 6.95. The molecule has 36 heavy (non-hydrogen) atoms. The number of imide groups is 1. The number of hydrogen-bond acceptors (Lipinski definition) is 6. The average Bonchev–Trinajstić information content (AvgIpc) is 3.12. The van der Waals surface area contributed by atoms with E-state index in [0.29, 0.717) is 32.1 Å². The van der Waals surface area contributed by atoms with E-state index in [2.05, 4.69) is 27.3 Å². The molecular formula is C26H17BrClN3O4S. The summed E-state index contributed by atoms with van der Waals surface area (Å²) in [5.41, 5.74) is 2.37. The molecule has 0 radical (unpaired) electrons. The molecule has 0 saturated carbocycles. The third-order valence-electron chi connectivity index (χ3n) is 5.10. The summed E-state index contributed by atoms with van der Waals surface area (Å²) in [6.45, 7) is -0.204. The quantitative estimate of drug-likeness (QED) is 0.332. The zero-order valence-electron chi connectivity index (χ0n) is 18.5. The summed E-state index contributed by atoms with van der Waals surface area (Å²) in [6, 6.07) is 21.2. The van der Waals surface area contributed by atoms with Crippen LogP contribution in [0.5, 0.6) is 5.75 Å². The van der Waals surface area contributed by atoms with Gasteiger partial charge in [0.05, 0.1) is 31.7 Å². The smallest absolute Gasteiger partial charge is 0.294 e. The van der Waals surface area contributed by atoms with Gasteiger partial charge in [0.25, 0.3) is 11.1 Å². The number of thioether (sulfide) groups is 1. The van der Waals surface area contributed by atoms with Gasteiger partial charge in [-0.3, -0.25) is 19.3 Å². The normalized spacial score (nSPS) is 14.1. The topological polar surface area (TPSA) is 99.5 Å². The van der Waals surface area contributed by atoms with Crippen LogP contribution in [-0.2, 0) is 16.2 Å². The Balaban J connectivity index is 1.41. The van der Waals surface area contributed by atoms with Gasteiger partial charge in [-0.1, -0.05) is 48.0 Å². The number of carbonyl (C=O) groups excluding carboxylic acids is 3. The van der Waals surface area contributed by atoms with Crippen molar-refractivity contribution in [2.75, 3.05) is 11.9 Å². The maximum Gasteiger partial charge on any atom is 0.294 e. The number of benzene rings is 3. The number of halogens is 2. The number of para-hydroxylation sites is 1. The zero-order chi connectivity index (χ0) is 25.7. The van der Waals surface area contributed by atoms with Crippen LogP contribution >= 0.6 is 39.3 Å². The van der Waals surface area contributed by atoms with Gasteiger partial charge in [0.2, 0.25) is 5.91 Å². The van der Waals surface area contributed by atoms with Crippen molar-refractivity contribution in [3.63, 3.8) is 0 Å². The summed E-state index contributed by atoms with van der Waals surface area (Å²) in [5.74, 6) is -0.526. The minimum atomic E-state index is -0.552. The number of ether oxygens (including phenoxy) is 1. The minimum Gasteiger partial charge on any atom is -0.488 e. The van der Waals surface area contributed by atoms with Crippen molar-refractivity contribution in [2.45, 2.75) is 6.61 Å². The maximum absolute atomic E-state index is 12.8. The average molecular weight is 583 g/mol.